The van der Waals surface area contributed by atoms with Gasteiger partial charge in [0.1, 0.15) is 10.6 Å². The van der Waals surface area contributed by atoms with E-state index in [2.05, 4.69) is 20.9 Å². The first kappa shape index (κ1) is 10.4. The average molecular weight is 288 g/mol. The lowest BCUT2D eigenvalue weighted by molar-refractivity contribution is 0.0702. The van der Waals surface area contributed by atoms with Gasteiger partial charge in [0.15, 0.2) is 10.4 Å². The highest BCUT2D eigenvalue weighted by molar-refractivity contribution is 9.10. The molecule has 0 amide bonds. The summed E-state index contributed by atoms with van der Waals surface area (Å²) in [6.07, 6.45) is 0. The van der Waals surface area contributed by atoms with Crippen molar-refractivity contribution in [1.82, 2.24) is 4.98 Å². The van der Waals surface area contributed by atoms with Gasteiger partial charge in [-0.15, -0.1) is 11.3 Å². The minimum atomic E-state index is -0.983. The minimum Gasteiger partial charge on any atom is -0.477 e. The molecule has 78 valence electrons. The van der Waals surface area contributed by atoms with Crippen LogP contribution in [0.2, 0.25) is 0 Å². The number of halogens is 1. The molecule has 4 nitrogen and oxygen atoms in total. The Bertz CT molecular complexity index is 517. The number of hydrogen-bond acceptors (Lipinski definition) is 4. The molecule has 2 aromatic rings. The van der Waals surface area contributed by atoms with Gasteiger partial charge in [-0.05, 0) is 35.0 Å². The van der Waals surface area contributed by atoms with Crippen LogP contribution in [0.3, 0.4) is 0 Å². The van der Waals surface area contributed by atoms with E-state index in [9.17, 15) is 4.79 Å². The molecular formula is C9H6BrNO3S. The summed E-state index contributed by atoms with van der Waals surface area (Å²) in [5, 5.41) is 9.67. The quantitative estimate of drug-likeness (QED) is 0.921. The minimum absolute atomic E-state index is 0.203. The van der Waals surface area contributed by atoms with Crippen molar-refractivity contribution in [3.8, 4) is 11.5 Å². The maximum absolute atomic E-state index is 10.9. The van der Waals surface area contributed by atoms with Crippen LogP contribution in [0.4, 0.5) is 0 Å². The lowest BCUT2D eigenvalue weighted by atomic mass is 10.3. The van der Waals surface area contributed by atoms with E-state index < -0.39 is 5.97 Å². The molecule has 0 radical (unpaired) electrons. The van der Waals surface area contributed by atoms with Crippen LogP contribution in [0.25, 0.3) is 11.5 Å². The molecule has 2 heterocycles. The molecule has 0 aliphatic carbocycles. The molecule has 0 spiro atoms. The summed E-state index contributed by atoms with van der Waals surface area (Å²) in [6.45, 7) is 1.76. The predicted molar refractivity (Wildman–Crippen MR) is 59.2 cm³/mol. The summed E-state index contributed by atoms with van der Waals surface area (Å²) >= 11 is 4.30. The summed E-state index contributed by atoms with van der Waals surface area (Å²) in [5.41, 5.74) is 0.385. The van der Waals surface area contributed by atoms with Gasteiger partial charge in [-0.3, -0.25) is 0 Å². The number of aromatic nitrogens is 1. The first-order chi connectivity index (χ1) is 7.08. The molecule has 0 saturated heterocycles. The number of nitrogens with zero attached hydrogens (tertiary/aromatic N) is 1. The third-order valence-electron chi connectivity index (χ3n) is 1.73. The van der Waals surface area contributed by atoms with Crippen molar-refractivity contribution < 1.29 is 14.3 Å². The fourth-order valence-corrected chi connectivity index (χ4v) is 2.25. The Morgan fingerprint density at radius 3 is 2.87 bits per heavy atom. The highest BCUT2D eigenvalue weighted by Crippen LogP contribution is 2.30. The number of thiazole rings is 1. The normalized spacial score (nSPS) is 10.5. The van der Waals surface area contributed by atoms with Crippen LogP contribution in [0.1, 0.15) is 14.7 Å². The molecule has 0 aliphatic heterocycles. The smallest absolute Gasteiger partial charge is 0.348 e. The third kappa shape index (κ3) is 1.95. The Morgan fingerprint density at radius 1 is 1.60 bits per heavy atom. The lowest BCUT2D eigenvalue weighted by Crippen LogP contribution is -1.94. The van der Waals surface area contributed by atoms with Gasteiger partial charge in [-0.2, -0.15) is 0 Å². The monoisotopic (exact) mass is 287 g/mol. The number of furan rings is 1. The third-order valence-corrected chi connectivity index (χ3v) is 3.12. The molecule has 0 bridgehead atoms. The molecule has 6 heteroatoms. The number of hydrogen-bond donors (Lipinski definition) is 1. The van der Waals surface area contributed by atoms with Gasteiger partial charge in [0.25, 0.3) is 0 Å². The Morgan fingerprint density at radius 2 is 2.33 bits per heavy atom. The van der Waals surface area contributed by atoms with Gasteiger partial charge in [0, 0.05) is 0 Å². The van der Waals surface area contributed by atoms with Crippen molar-refractivity contribution in [3.63, 3.8) is 0 Å². The van der Waals surface area contributed by atoms with Crippen LogP contribution < -0.4 is 0 Å². The van der Waals surface area contributed by atoms with Crippen molar-refractivity contribution in [2.24, 2.45) is 0 Å². The van der Waals surface area contributed by atoms with Gasteiger partial charge in [-0.25, -0.2) is 9.78 Å². The van der Waals surface area contributed by atoms with E-state index >= 15 is 0 Å². The largest absolute Gasteiger partial charge is 0.477 e. The fourth-order valence-electron chi connectivity index (χ4n) is 1.18. The molecule has 0 unspecified atom stereocenters. The van der Waals surface area contributed by atoms with E-state index in [-0.39, 0.29) is 4.88 Å². The second-order valence-electron chi connectivity index (χ2n) is 2.82. The number of rotatable bonds is 2. The standard InChI is InChI=1S/C9H6BrNO3S/c1-4-11-7(8(15-4)9(12)13)5-2-3-6(10)14-5/h2-3H,1H3,(H,12,13). The number of carbonyl (C=O) groups is 1. The van der Waals surface area contributed by atoms with Crippen LogP contribution >= 0.6 is 27.3 Å². The van der Waals surface area contributed by atoms with Gasteiger partial charge < -0.3 is 9.52 Å². The van der Waals surface area contributed by atoms with E-state index in [0.29, 0.717) is 21.1 Å². The molecule has 2 rings (SSSR count). The Balaban J connectivity index is 2.56. The molecule has 0 saturated carbocycles. The zero-order valence-corrected chi connectivity index (χ0v) is 10.1. The van der Waals surface area contributed by atoms with Crippen LogP contribution in [0, 0.1) is 6.92 Å². The van der Waals surface area contributed by atoms with E-state index in [1.54, 1.807) is 19.1 Å². The van der Waals surface area contributed by atoms with E-state index in [4.69, 9.17) is 9.52 Å². The van der Waals surface area contributed by atoms with E-state index in [1.165, 1.54) is 0 Å². The molecule has 2 aromatic heterocycles. The summed E-state index contributed by atoms with van der Waals surface area (Å²) in [7, 11) is 0. The van der Waals surface area contributed by atoms with Gasteiger partial charge in [0.05, 0.1) is 5.01 Å². The van der Waals surface area contributed by atoms with Crippen molar-refractivity contribution >= 4 is 33.2 Å². The van der Waals surface area contributed by atoms with Crippen LogP contribution in [-0.4, -0.2) is 16.1 Å². The highest BCUT2D eigenvalue weighted by atomic mass is 79.9. The molecule has 0 aliphatic rings. The van der Waals surface area contributed by atoms with Gasteiger partial charge in [-0.1, -0.05) is 0 Å². The predicted octanol–water partition coefficient (Wildman–Crippen LogP) is 3.17. The van der Waals surface area contributed by atoms with Crippen molar-refractivity contribution in [2.45, 2.75) is 6.92 Å². The van der Waals surface area contributed by atoms with Gasteiger partial charge >= 0.3 is 5.97 Å². The van der Waals surface area contributed by atoms with Gasteiger partial charge in [0.2, 0.25) is 0 Å². The Hall–Kier alpha value is -1.14. The topological polar surface area (TPSA) is 63.3 Å². The summed E-state index contributed by atoms with van der Waals surface area (Å²) in [4.78, 5) is 15.3. The summed E-state index contributed by atoms with van der Waals surface area (Å²) in [6, 6.07) is 3.39. The molecule has 15 heavy (non-hydrogen) atoms. The summed E-state index contributed by atoms with van der Waals surface area (Å²) in [5.74, 6) is -0.522. The highest BCUT2D eigenvalue weighted by Gasteiger charge is 2.19. The van der Waals surface area contributed by atoms with E-state index in [0.717, 1.165) is 11.3 Å². The maximum Gasteiger partial charge on any atom is 0.348 e. The Labute approximate surface area is 97.7 Å². The number of carboxylic acids is 1. The first-order valence-electron chi connectivity index (χ1n) is 4.04. The number of aromatic carboxylic acids is 1. The fraction of sp³-hybridized carbons (Fsp3) is 0.111. The van der Waals surface area contributed by atoms with Crippen molar-refractivity contribution in [2.75, 3.05) is 0 Å². The molecule has 1 N–H and O–H groups in total. The first-order valence-corrected chi connectivity index (χ1v) is 5.65. The second-order valence-corrected chi connectivity index (χ2v) is 4.80. The van der Waals surface area contributed by atoms with E-state index in [1.807, 2.05) is 0 Å². The second kappa shape index (κ2) is 3.79. The van der Waals surface area contributed by atoms with Crippen molar-refractivity contribution in [3.05, 3.63) is 26.7 Å². The van der Waals surface area contributed by atoms with Crippen molar-refractivity contribution in [1.29, 1.82) is 0 Å². The number of aryl methyl sites for hydroxylation is 1. The SMILES string of the molecule is Cc1nc(-c2ccc(Br)o2)c(C(=O)O)s1. The van der Waals surface area contributed by atoms with Crippen LogP contribution in [0.15, 0.2) is 21.2 Å². The average Bonchev–Trinajstić information content (AvgIpc) is 2.71. The van der Waals surface area contributed by atoms with Crippen LogP contribution in [-0.2, 0) is 0 Å². The molecular weight excluding hydrogens is 282 g/mol. The molecule has 0 atom stereocenters. The lowest BCUT2D eigenvalue weighted by Gasteiger charge is -1.92. The molecule has 0 aromatic carbocycles. The summed E-state index contributed by atoms with van der Waals surface area (Å²) < 4.78 is 5.83. The number of carboxylic acid groups (broad SMARTS) is 1. The molecule has 0 fully saturated rings. The zero-order chi connectivity index (χ0) is 11.0. The maximum atomic E-state index is 10.9. The Kier molecular flexibility index (Phi) is 2.62. The zero-order valence-electron chi connectivity index (χ0n) is 7.65. The van der Waals surface area contributed by atoms with Crippen LogP contribution in [0.5, 0.6) is 0 Å².